The second kappa shape index (κ2) is 12.1. The maximum Gasteiger partial charge on any atom is 0.0995 e. The SMILES string of the molecule is c1ccc(-c2ccc(-c3ccc4c(-c5ccnc(-c6cscn6)c5)c5ccccc5c(-c5ccnc(-c6cscn6)c5)c4c3)cc2)cc1. The van der Waals surface area contributed by atoms with E-state index in [-0.39, 0.29) is 0 Å². The Kier molecular flexibility index (Phi) is 7.15. The number of aromatic nitrogens is 4. The molecule has 0 N–H and O–H groups in total. The van der Waals surface area contributed by atoms with Gasteiger partial charge in [0, 0.05) is 23.2 Å². The first-order valence-corrected chi connectivity index (χ1v) is 17.5. The molecule has 0 saturated carbocycles. The van der Waals surface area contributed by atoms with E-state index in [1.807, 2.05) is 34.2 Å². The van der Waals surface area contributed by atoms with Crippen LogP contribution < -0.4 is 0 Å². The molecule has 9 rings (SSSR count). The molecule has 5 aromatic carbocycles. The van der Waals surface area contributed by atoms with Crippen LogP contribution in [0.15, 0.2) is 156 Å². The van der Waals surface area contributed by atoms with Gasteiger partial charge in [-0.1, -0.05) is 91.0 Å². The summed E-state index contributed by atoms with van der Waals surface area (Å²) >= 11 is 3.16. The monoisotopic (exact) mass is 650 g/mol. The van der Waals surface area contributed by atoms with Gasteiger partial charge in [-0.05, 0) is 96.4 Å². The first kappa shape index (κ1) is 28.4. The highest BCUT2D eigenvalue weighted by Gasteiger charge is 2.19. The lowest BCUT2D eigenvalue weighted by atomic mass is 9.85. The average Bonchev–Trinajstić information content (AvgIpc) is 3.90. The van der Waals surface area contributed by atoms with Crippen LogP contribution in [0.5, 0.6) is 0 Å². The van der Waals surface area contributed by atoms with Gasteiger partial charge in [-0.2, -0.15) is 0 Å². The summed E-state index contributed by atoms with van der Waals surface area (Å²) in [7, 11) is 0. The molecule has 0 radical (unpaired) electrons. The van der Waals surface area contributed by atoms with E-state index in [0.717, 1.165) is 39.5 Å². The van der Waals surface area contributed by atoms with E-state index in [1.54, 1.807) is 22.7 Å². The highest BCUT2D eigenvalue weighted by Crippen LogP contribution is 2.45. The van der Waals surface area contributed by atoms with Gasteiger partial charge in [0.25, 0.3) is 0 Å². The van der Waals surface area contributed by atoms with Crippen molar-refractivity contribution in [3.05, 3.63) is 156 Å². The van der Waals surface area contributed by atoms with Crippen molar-refractivity contribution in [2.45, 2.75) is 0 Å². The lowest BCUT2D eigenvalue weighted by molar-refractivity contribution is 1.28. The van der Waals surface area contributed by atoms with Gasteiger partial charge in [0.2, 0.25) is 0 Å². The Labute approximate surface area is 285 Å². The van der Waals surface area contributed by atoms with Gasteiger partial charge >= 0.3 is 0 Å². The van der Waals surface area contributed by atoms with Crippen LogP contribution in [0.1, 0.15) is 0 Å². The molecule has 4 aromatic heterocycles. The van der Waals surface area contributed by atoms with E-state index >= 15 is 0 Å². The molecule has 0 fully saturated rings. The average molecular weight is 651 g/mol. The Hall–Kier alpha value is -5.82. The predicted molar refractivity (Wildman–Crippen MR) is 201 cm³/mol. The lowest BCUT2D eigenvalue weighted by Crippen LogP contribution is -1.94. The number of hydrogen-bond donors (Lipinski definition) is 0. The fraction of sp³-hybridized carbons (Fsp3) is 0. The second-order valence-corrected chi connectivity index (χ2v) is 13.0. The van der Waals surface area contributed by atoms with Crippen molar-refractivity contribution in [1.82, 2.24) is 19.9 Å². The van der Waals surface area contributed by atoms with Crippen molar-refractivity contribution in [3.63, 3.8) is 0 Å². The number of thiazole rings is 2. The van der Waals surface area contributed by atoms with Crippen molar-refractivity contribution in [3.8, 4) is 67.3 Å². The Balaban J connectivity index is 1.30. The molecule has 0 spiro atoms. The highest BCUT2D eigenvalue weighted by molar-refractivity contribution is 7.08. The molecular formula is C42H26N4S2. The van der Waals surface area contributed by atoms with E-state index in [0.29, 0.717) is 0 Å². The normalized spacial score (nSPS) is 11.3. The van der Waals surface area contributed by atoms with Gasteiger partial charge in [0.1, 0.15) is 0 Å². The molecule has 4 nitrogen and oxygen atoms in total. The van der Waals surface area contributed by atoms with Crippen LogP contribution in [-0.4, -0.2) is 19.9 Å². The van der Waals surface area contributed by atoms with Crippen LogP contribution >= 0.6 is 22.7 Å². The molecule has 0 aliphatic carbocycles. The number of fused-ring (bicyclic) bond motifs is 2. The highest BCUT2D eigenvalue weighted by atomic mass is 32.1. The maximum atomic E-state index is 4.70. The minimum absolute atomic E-state index is 0.866. The molecule has 0 aliphatic rings. The van der Waals surface area contributed by atoms with Gasteiger partial charge in [0.05, 0.1) is 33.8 Å². The largest absolute Gasteiger partial charge is 0.255 e. The summed E-state index contributed by atoms with van der Waals surface area (Å²) in [5, 5.41) is 8.81. The maximum absolute atomic E-state index is 4.70. The molecule has 226 valence electrons. The standard InChI is InChI=1S/C42H26N4S2/c1-2-6-27(7-3-1)28-10-12-29(13-11-28)30-14-15-35-36(20-30)42(32-17-19-44-38(22-32)40-24-48-26-46-40)34-9-5-4-8-33(34)41(35)31-16-18-43-37(21-31)39-23-47-25-45-39/h1-26H. The summed E-state index contributed by atoms with van der Waals surface area (Å²) < 4.78 is 0. The van der Waals surface area contributed by atoms with Crippen LogP contribution in [-0.2, 0) is 0 Å². The van der Waals surface area contributed by atoms with Crippen molar-refractivity contribution in [2.24, 2.45) is 0 Å². The summed E-state index contributed by atoms with van der Waals surface area (Å²) in [5.74, 6) is 0. The van der Waals surface area contributed by atoms with Gasteiger partial charge in [-0.3, -0.25) is 9.97 Å². The molecule has 0 aliphatic heterocycles. The Bertz CT molecular complexity index is 2540. The Morgan fingerprint density at radius 1 is 0.333 bits per heavy atom. The van der Waals surface area contributed by atoms with Gasteiger partial charge < -0.3 is 0 Å². The summed E-state index contributed by atoms with van der Waals surface area (Å²) in [6.45, 7) is 0. The molecule has 48 heavy (non-hydrogen) atoms. The Morgan fingerprint density at radius 2 is 0.812 bits per heavy atom. The quantitative estimate of drug-likeness (QED) is 0.168. The van der Waals surface area contributed by atoms with E-state index in [2.05, 4.69) is 136 Å². The number of nitrogens with zero attached hydrogens (tertiary/aromatic N) is 4. The van der Waals surface area contributed by atoms with Gasteiger partial charge in [-0.15, -0.1) is 22.7 Å². The summed E-state index contributed by atoms with van der Waals surface area (Å²) in [4.78, 5) is 18.5. The summed E-state index contributed by atoms with van der Waals surface area (Å²) in [6.07, 6.45) is 3.79. The molecule has 9 aromatic rings. The van der Waals surface area contributed by atoms with Crippen LogP contribution in [0.4, 0.5) is 0 Å². The zero-order valence-corrected chi connectivity index (χ0v) is 27.2. The van der Waals surface area contributed by atoms with E-state index in [9.17, 15) is 0 Å². The second-order valence-electron chi connectivity index (χ2n) is 11.6. The smallest absolute Gasteiger partial charge is 0.0995 e. The van der Waals surface area contributed by atoms with Crippen molar-refractivity contribution < 1.29 is 0 Å². The molecule has 0 atom stereocenters. The van der Waals surface area contributed by atoms with Crippen LogP contribution in [0, 0.1) is 0 Å². The van der Waals surface area contributed by atoms with Gasteiger partial charge in [0.15, 0.2) is 0 Å². The molecule has 0 unspecified atom stereocenters. The fourth-order valence-electron chi connectivity index (χ4n) is 6.60. The predicted octanol–water partition coefficient (Wildman–Crippen LogP) is 11.7. The number of pyridine rings is 2. The van der Waals surface area contributed by atoms with Crippen molar-refractivity contribution in [2.75, 3.05) is 0 Å². The number of rotatable bonds is 6. The molecule has 4 heterocycles. The molecule has 6 heteroatoms. The first-order chi connectivity index (χ1) is 23.8. The lowest BCUT2D eigenvalue weighted by Gasteiger charge is -2.19. The van der Waals surface area contributed by atoms with Crippen molar-refractivity contribution in [1.29, 1.82) is 0 Å². The van der Waals surface area contributed by atoms with E-state index in [4.69, 9.17) is 4.98 Å². The summed E-state index contributed by atoms with van der Waals surface area (Å²) in [6, 6.07) is 43.5. The molecule has 0 bridgehead atoms. The zero-order chi connectivity index (χ0) is 31.9. The third-order valence-corrected chi connectivity index (χ3v) is 10.0. The molecular weight excluding hydrogens is 625 g/mol. The zero-order valence-electron chi connectivity index (χ0n) is 25.6. The first-order valence-electron chi connectivity index (χ1n) is 15.6. The topological polar surface area (TPSA) is 51.6 Å². The number of hydrogen-bond acceptors (Lipinski definition) is 6. The summed E-state index contributed by atoms with van der Waals surface area (Å²) in [5.41, 5.74) is 16.5. The fourth-order valence-corrected chi connectivity index (χ4v) is 7.69. The minimum Gasteiger partial charge on any atom is -0.255 e. The molecule has 0 saturated heterocycles. The van der Waals surface area contributed by atoms with Gasteiger partial charge in [-0.25, -0.2) is 9.97 Å². The van der Waals surface area contributed by atoms with Crippen LogP contribution in [0.25, 0.3) is 88.8 Å². The van der Waals surface area contributed by atoms with E-state index in [1.165, 1.54) is 49.4 Å². The molecule has 0 amide bonds. The number of benzene rings is 5. The van der Waals surface area contributed by atoms with Crippen LogP contribution in [0.2, 0.25) is 0 Å². The third-order valence-electron chi connectivity index (χ3n) is 8.84. The van der Waals surface area contributed by atoms with Crippen molar-refractivity contribution >= 4 is 44.2 Å². The third kappa shape index (κ3) is 5.08. The minimum atomic E-state index is 0.866. The van der Waals surface area contributed by atoms with E-state index < -0.39 is 0 Å². The Morgan fingerprint density at radius 3 is 1.38 bits per heavy atom. The van der Waals surface area contributed by atoms with Crippen LogP contribution in [0.3, 0.4) is 0 Å².